The molecule has 1 aliphatic heterocycles. The zero-order valence-electron chi connectivity index (χ0n) is 16.9. The van der Waals surface area contributed by atoms with Gasteiger partial charge in [0.15, 0.2) is 11.5 Å². The molecule has 0 atom stereocenters. The van der Waals surface area contributed by atoms with Crippen LogP contribution in [0.1, 0.15) is 32.6 Å². The first-order chi connectivity index (χ1) is 13.7. The molecular weight excluding hydrogens is 358 g/mol. The minimum atomic E-state index is 0.258. The van der Waals surface area contributed by atoms with Crippen molar-refractivity contribution in [2.75, 3.05) is 51.0 Å². The molecule has 152 valence electrons. The number of carbonyl (C=O) groups excluding carboxylic acids is 1. The monoisotopic (exact) mass is 387 g/mol. The number of hydrogen-bond donors (Lipinski definition) is 2. The van der Waals surface area contributed by atoms with Crippen molar-refractivity contribution in [3.8, 4) is 11.5 Å². The second-order valence-corrected chi connectivity index (χ2v) is 6.81. The molecule has 0 bridgehead atoms. The van der Waals surface area contributed by atoms with Crippen LogP contribution in [0.5, 0.6) is 11.5 Å². The van der Waals surface area contributed by atoms with E-state index in [2.05, 4.69) is 27.5 Å². The predicted octanol–water partition coefficient (Wildman–Crippen LogP) is 2.89. The van der Waals surface area contributed by atoms with Gasteiger partial charge in [0.05, 0.1) is 19.7 Å². The molecule has 0 aliphatic carbocycles. The molecule has 0 radical (unpaired) electrons. The molecule has 1 fully saturated rings. The van der Waals surface area contributed by atoms with Crippen molar-refractivity contribution in [3.05, 3.63) is 12.1 Å². The predicted molar refractivity (Wildman–Crippen MR) is 110 cm³/mol. The van der Waals surface area contributed by atoms with E-state index in [1.807, 2.05) is 17.0 Å². The van der Waals surface area contributed by atoms with E-state index >= 15 is 0 Å². The number of likely N-dealkylation sites (tertiary alicyclic amines) is 1. The van der Waals surface area contributed by atoms with Gasteiger partial charge in [0.25, 0.3) is 0 Å². The Hall–Kier alpha value is -2.77. The lowest BCUT2D eigenvalue weighted by Crippen LogP contribution is -2.27. The molecule has 2 heterocycles. The zero-order chi connectivity index (χ0) is 19.9. The van der Waals surface area contributed by atoms with Crippen molar-refractivity contribution < 1.29 is 14.3 Å². The topological polar surface area (TPSA) is 88.6 Å². The molecule has 0 saturated carbocycles. The quantitative estimate of drug-likeness (QED) is 0.606. The summed E-state index contributed by atoms with van der Waals surface area (Å²) in [6, 6.07) is 3.76. The highest BCUT2D eigenvalue weighted by Crippen LogP contribution is 2.34. The van der Waals surface area contributed by atoms with Crippen molar-refractivity contribution in [1.82, 2.24) is 14.9 Å². The third-order valence-electron chi connectivity index (χ3n) is 4.80. The van der Waals surface area contributed by atoms with Gasteiger partial charge in [-0.15, -0.1) is 0 Å². The highest BCUT2D eigenvalue weighted by atomic mass is 16.5. The van der Waals surface area contributed by atoms with Crippen LogP contribution in [0.2, 0.25) is 0 Å². The van der Waals surface area contributed by atoms with Gasteiger partial charge in [-0.1, -0.05) is 6.92 Å². The number of rotatable bonds is 10. The second kappa shape index (κ2) is 9.43. The van der Waals surface area contributed by atoms with Crippen LogP contribution < -0.4 is 20.1 Å². The Labute approximate surface area is 165 Å². The Bertz CT molecular complexity index is 827. The van der Waals surface area contributed by atoms with Crippen LogP contribution in [-0.2, 0) is 4.79 Å². The van der Waals surface area contributed by atoms with Crippen molar-refractivity contribution in [3.63, 3.8) is 0 Å². The summed E-state index contributed by atoms with van der Waals surface area (Å²) in [5, 5.41) is 7.54. The standard InChI is InChI=1S/C20H29N5O3/c1-4-8-21-19-14-12-16(27-2)17(28-3)13-15(14)23-20(24-19)22-9-6-11-25-10-5-7-18(25)26/h12-13H,4-11H2,1-3H3,(H2,21,22,23,24). The van der Waals surface area contributed by atoms with Crippen LogP contribution in [0.25, 0.3) is 10.9 Å². The van der Waals surface area contributed by atoms with E-state index in [-0.39, 0.29) is 5.91 Å². The highest BCUT2D eigenvalue weighted by Gasteiger charge is 2.19. The Morgan fingerprint density at radius 1 is 1.11 bits per heavy atom. The number of fused-ring (bicyclic) bond motifs is 1. The van der Waals surface area contributed by atoms with E-state index in [1.54, 1.807) is 14.2 Å². The SMILES string of the molecule is CCCNc1nc(NCCCN2CCCC2=O)nc2cc(OC)c(OC)cc12. The molecule has 28 heavy (non-hydrogen) atoms. The summed E-state index contributed by atoms with van der Waals surface area (Å²) in [7, 11) is 3.23. The van der Waals surface area contributed by atoms with Gasteiger partial charge in [-0.2, -0.15) is 4.98 Å². The van der Waals surface area contributed by atoms with Crippen LogP contribution in [-0.4, -0.2) is 61.2 Å². The lowest BCUT2D eigenvalue weighted by Gasteiger charge is -2.16. The van der Waals surface area contributed by atoms with Crippen LogP contribution in [0.4, 0.5) is 11.8 Å². The van der Waals surface area contributed by atoms with E-state index < -0.39 is 0 Å². The van der Waals surface area contributed by atoms with Crippen LogP contribution in [0, 0.1) is 0 Å². The maximum atomic E-state index is 11.7. The van der Waals surface area contributed by atoms with Gasteiger partial charge in [0.2, 0.25) is 11.9 Å². The molecule has 8 nitrogen and oxygen atoms in total. The number of benzene rings is 1. The lowest BCUT2D eigenvalue weighted by molar-refractivity contribution is -0.127. The van der Waals surface area contributed by atoms with E-state index in [9.17, 15) is 4.79 Å². The number of nitrogens with one attached hydrogen (secondary N) is 2. The fourth-order valence-corrected chi connectivity index (χ4v) is 3.32. The molecular formula is C20H29N5O3. The van der Waals surface area contributed by atoms with E-state index in [0.717, 1.165) is 55.6 Å². The first-order valence-electron chi connectivity index (χ1n) is 9.85. The third kappa shape index (κ3) is 4.55. The number of nitrogens with zero attached hydrogens (tertiary/aromatic N) is 3. The summed E-state index contributed by atoms with van der Waals surface area (Å²) < 4.78 is 10.8. The normalized spacial score (nSPS) is 13.8. The van der Waals surface area contributed by atoms with E-state index in [0.29, 0.717) is 30.4 Å². The summed E-state index contributed by atoms with van der Waals surface area (Å²) >= 11 is 0. The van der Waals surface area contributed by atoms with Gasteiger partial charge < -0.3 is 25.0 Å². The summed E-state index contributed by atoms with van der Waals surface area (Å²) in [5.74, 6) is 2.87. The van der Waals surface area contributed by atoms with Crippen molar-refractivity contribution >= 4 is 28.6 Å². The molecule has 0 unspecified atom stereocenters. The minimum Gasteiger partial charge on any atom is -0.493 e. The summed E-state index contributed by atoms with van der Waals surface area (Å²) in [5.41, 5.74) is 0.781. The van der Waals surface area contributed by atoms with Crippen molar-refractivity contribution in [1.29, 1.82) is 0 Å². The Morgan fingerprint density at radius 2 is 1.89 bits per heavy atom. The maximum Gasteiger partial charge on any atom is 0.225 e. The molecule has 2 aromatic rings. The first-order valence-corrected chi connectivity index (χ1v) is 9.85. The maximum absolute atomic E-state index is 11.7. The molecule has 1 amide bonds. The van der Waals surface area contributed by atoms with Gasteiger partial charge >= 0.3 is 0 Å². The number of carbonyl (C=O) groups is 1. The van der Waals surface area contributed by atoms with Gasteiger partial charge in [-0.3, -0.25) is 4.79 Å². The number of anilines is 2. The molecule has 3 rings (SSSR count). The molecule has 8 heteroatoms. The summed E-state index contributed by atoms with van der Waals surface area (Å²) in [4.78, 5) is 22.9. The molecule has 1 aromatic heterocycles. The lowest BCUT2D eigenvalue weighted by atomic mass is 10.2. The average molecular weight is 387 g/mol. The minimum absolute atomic E-state index is 0.258. The summed E-state index contributed by atoms with van der Waals surface area (Å²) in [6.45, 7) is 5.27. The molecule has 1 aromatic carbocycles. The Morgan fingerprint density at radius 3 is 2.57 bits per heavy atom. The average Bonchev–Trinajstić information content (AvgIpc) is 3.13. The van der Waals surface area contributed by atoms with E-state index in [1.165, 1.54) is 0 Å². The van der Waals surface area contributed by atoms with Crippen molar-refractivity contribution in [2.45, 2.75) is 32.6 Å². The van der Waals surface area contributed by atoms with Crippen LogP contribution in [0.3, 0.4) is 0 Å². The number of aromatic nitrogens is 2. The molecule has 1 aliphatic rings. The second-order valence-electron chi connectivity index (χ2n) is 6.81. The van der Waals surface area contributed by atoms with Gasteiger partial charge in [-0.05, 0) is 25.3 Å². The third-order valence-corrected chi connectivity index (χ3v) is 4.80. The Balaban J connectivity index is 1.76. The molecule has 2 N–H and O–H groups in total. The van der Waals surface area contributed by atoms with E-state index in [4.69, 9.17) is 9.47 Å². The zero-order valence-corrected chi connectivity index (χ0v) is 16.9. The number of hydrogen-bond acceptors (Lipinski definition) is 7. The van der Waals surface area contributed by atoms with Crippen LogP contribution in [0.15, 0.2) is 12.1 Å². The highest BCUT2D eigenvalue weighted by molar-refractivity contribution is 5.92. The number of methoxy groups -OCH3 is 2. The van der Waals surface area contributed by atoms with Crippen molar-refractivity contribution in [2.24, 2.45) is 0 Å². The molecule has 1 saturated heterocycles. The fourth-order valence-electron chi connectivity index (χ4n) is 3.32. The number of amides is 1. The fraction of sp³-hybridized carbons (Fsp3) is 0.550. The van der Waals surface area contributed by atoms with Gasteiger partial charge in [-0.25, -0.2) is 4.98 Å². The smallest absolute Gasteiger partial charge is 0.225 e. The summed E-state index contributed by atoms with van der Waals surface area (Å²) in [6.07, 6.45) is 3.50. The van der Waals surface area contributed by atoms with Gasteiger partial charge in [0, 0.05) is 44.1 Å². The largest absolute Gasteiger partial charge is 0.493 e. The Kier molecular flexibility index (Phi) is 6.73. The first kappa shape index (κ1) is 20.0. The van der Waals surface area contributed by atoms with Crippen LogP contribution >= 0.6 is 0 Å². The number of ether oxygens (including phenoxy) is 2. The van der Waals surface area contributed by atoms with Gasteiger partial charge in [0.1, 0.15) is 5.82 Å². The molecule has 0 spiro atoms.